The third-order valence-electron chi connectivity index (χ3n) is 4.10. The fourth-order valence-corrected chi connectivity index (χ4v) is 3.03. The summed E-state index contributed by atoms with van der Waals surface area (Å²) in [6, 6.07) is 0.560. The Balaban J connectivity index is 1.85. The van der Waals surface area contributed by atoms with Gasteiger partial charge in [0.15, 0.2) is 0 Å². The van der Waals surface area contributed by atoms with Gasteiger partial charge in [-0.1, -0.05) is 13.3 Å². The summed E-state index contributed by atoms with van der Waals surface area (Å²) >= 11 is 0. The molecule has 3 heteroatoms. The van der Waals surface area contributed by atoms with E-state index < -0.39 is 0 Å². The van der Waals surface area contributed by atoms with E-state index in [0.29, 0.717) is 30.4 Å². The van der Waals surface area contributed by atoms with Crippen LogP contribution in [0, 0.1) is 5.92 Å². The zero-order valence-electron chi connectivity index (χ0n) is 11.2. The van der Waals surface area contributed by atoms with E-state index in [2.05, 4.69) is 11.8 Å². The van der Waals surface area contributed by atoms with Crippen LogP contribution in [0.15, 0.2) is 0 Å². The van der Waals surface area contributed by atoms with Crippen LogP contribution in [-0.2, 0) is 9.53 Å². The first-order valence-corrected chi connectivity index (χ1v) is 7.08. The number of hydrogen-bond acceptors (Lipinski definition) is 2. The third-order valence-corrected chi connectivity index (χ3v) is 4.10. The number of hydrogen-bond donors (Lipinski definition) is 0. The van der Waals surface area contributed by atoms with Crippen LogP contribution in [0.2, 0.25) is 0 Å². The normalized spacial score (nSPS) is 28.4. The number of amides is 1. The van der Waals surface area contributed by atoms with Crippen molar-refractivity contribution in [1.29, 1.82) is 0 Å². The lowest BCUT2D eigenvalue weighted by Crippen LogP contribution is -2.36. The van der Waals surface area contributed by atoms with E-state index in [0.717, 1.165) is 25.8 Å². The SMILES string of the molecule is CCCN(C(=O)CC1CCCC1OC)C1CC1. The molecule has 0 N–H and O–H groups in total. The van der Waals surface area contributed by atoms with E-state index >= 15 is 0 Å². The minimum absolute atomic E-state index is 0.321. The second-order valence-corrected chi connectivity index (χ2v) is 5.49. The molecule has 17 heavy (non-hydrogen) atoms. The second-order valence-electron chi connectivity index (χ2n) is 5.49. The number of rotatable bonds is 6. The Bertz CT molecular complexity index is 263. The summed E-state index contributed by atoms with van der Waals surface area (Å²) in [5.41, 5.74) is 0. The molecule has 0 aromatic rings. The predicted molar refractivity (Wildman–Crippen MR) is 67.8 cm³/mol. The van der Waals surface area contributed by atoms with Crippen LogP contribution in [-0.4, -0.2) is 36.6 Å². The standard InChI is InChI=1S/C14H25NO2/c1-3-9-15(12-7-8-12)14(16)10-11-5-4-6-13(11)17-2/h11-13H,3-10H2,1-2H3. The first kappa shape index (κ1) is 12.9. The summed E-state index contributed by atoms with van der Waals surface area (Å²) in [4.78, 5) is 14.4. The maximum absolute atomic E-state index is 12.3. The quantitative estimate of drug-likeness (QED) is 0.713. The lowest BCUT2D eigenvalue weighted by Gasteiger charge is -2.25. The van der Waals surface area contributed by atoms with Gasteiger partial charge in [0, 0.05) is 26.1 Å². The Morgan fingerprint density at radius 1 is 1.29 bits per heavy atom. The Morgan fingerprint density at radius 3 is 2.65 bits per heavy atom. The van der Waals surface area contributed by atoms with Crippen LogP contribution in [0.4, 0.5) is 0 Å². The van der Waals surface area contributed by atoms with Crippen molar-refractivity contribution in [3.8, 4) is 0 Å². The molecule has 1 amide bonds. The Hall–Kier alpha value is -0.570. The molecule has 98 valence electrons. The molecule has 2 fully saturated rings. The van der Waals surface area contributed by atoms with Crippen molar-refractivity contribution in [1.82, 2.24) is 4.90 Å². The van der Waals surface area contributed by atoms with Crippen molar-refractivity contribution in [2.24, 2.45) is 5.92 Å². The number of methoxy groups -OCH3 is 1. The highest BCUT2D eigenvalue weighted by Gasteiger charge is 2.35. The van der Waals surface area contributed by atoms with Crippen LogP contribution in [0.5, 0.6) is 0 Å². The summed E-state index contributed by atoms with van der Waals surface area (Å²) in [5.74, 6) is 0.828. The summed E-state index contributed by atoms with van der Waals surface area (Å²) in [6.07, 6.45) is 8.03. The van der Waals surface area contributed by atoms with Gasteiger partial charge in [0.05, 0.1) is 6.10 Å². The molecule has 0 bridgehead atoms. The van der Waals surface area contributed by atoms with E-state index in [9.17, 15) is 4.79 Å². The number of carbonyl (C=O) groups excluding carboxylic acids is 1. The molecule has 2 unspecified atom stereocenters. The van der Waals surface area contributed by atoms with Gasteiger partial charge in [-0.15, -0.1) is 0 Å². The van der Waals surface area contributed by atoms with E-state index in [1.165, 1.54) is 19.3 Å². The predicted octanol–water partition coefficient (Wildman–Crippen LogP) is 2.59. The zero-order valence-corrected chi connectivity index (χ0v) is 11.2. The number of nitrogens with zero attached hydrogens (tertiary/aromatic N) is 1. The van der Waals surface area contributed by atoms with Gasteiger partial charge in [-0.05, 0) is 38.0 Å². The summed E-state index contributed by atoms with van der Waals surface area (Å²) in [6.45, 7) is 3.09. The van der Waals surface area contributed by atoms with Gasteiger partial charge in [-0.2, -0.15) is 0 Å². The molecular formula is C14H25NO2. The van der Waals surface area contributed by atoms with E-state index in [-0.39, 0.29) is 0 Å². The van der Waals surface area contributed by atoms with Crippen molar-refractivity contribution in [3.05, 3.63) is 0 Å². The van der Waals surface area contributed by atoms with Crippen LogP contribution < -0.4 is 0 Å². The molecule has 0 aliphatic heterocycles. The van der Waals surface area contributed by atoms with Crippen LogP contribution >= 0.6 is 0 Å². The third kappa shape index (κ3) is 3.21. The van der Waals surface area contributed by atoms with Gasteiger partial charge < -0.3 is 9.64 Å². The summed E-state index contributed by atoms with van der Waals surface area (Å²) < 4.78 is 5.47. The molecule has 2 rings (SSSR count). The maximum Gasteiger partial charge on any atom is 0.223 e. The highest BCUT2D eigenvalue weighted by atomic mass is 16.5. The van der Waals surface area contributed by atoms with Crippen molar-refractivity contribution >= 4 is 5.91 Å². The monoisotopic (exact) mass is 239 g/mol. The van der Waals surface area contributed by atoms with Crippen molar-refractivity contribution in [2.75, 3.05) is 13.7 Å². The number of ether oxygens (including phenoxy) is 1. The van der Waals surface area contributed by atoms with Gasteiger partial charge in [-0.3, -0.25) is 4.79 Å². The lowest BCUT2D eigenvalue weighted by molar-refractivity contribution is -0.133. The molecule has 2 saturated carbocycles. The van der Waals surface area contributed by atoms with E-state index in [4.69, 9.17) is 4.74 Å². The molecule has 0 saturated heterocycles. The minimum Gasteiger partial charge on any atom is -0.381 e. The Kier molecular flexibility index (Phi) is 4.43. The average Bonchev–Trinajstić information content (AvgIpc) is 3.06. The van der Waals surface area contributed by atoms with Gasteiger partial charge in [-0.25, -0.2) is 0 Å². The largest absolute Gasteiger partial charge is 0.381 e. The molecule has 2 aliphatic rings. The molecular weight excluding hydrogens is 214 g/mol. The van der Waals surface area contributed by atoms with Crippen LogP contribution in [0.3, 0.4) is 0 Å². The highest BCUT2D eigenvalue weighted by molar-refractivity contribution is 5.77. The molecule has 0 radical (unpaired) electrons. The molecule has 3 nitrogen and oxygen atoms in total. The summed E-state index contributed by atoms with van der Waals surface area (Å²) in [5, 5.41) is 0. The first-order chi connectivity index (χ1) is 8.26. The van der Waals surface area contributed by atoms with Gasteiger partial charge in [0.2, 0.25) is 5.91 Å². The number of carbonyl (C=O) groups is 1. The van der Waals surface area contributed by atoms with Crippen LogP contribution in [0.1, 0.15) is 51.9 Å². The summed E-state index contributed by atoms with van der Waals surface area (Å²) in [7, 11) is 1.78. The topological polar surface area (TPSA) is 29.5 Å². The molecule has 0 aromatic carbocycles. The zero-order chi connectivity index (χ0) is 12.3. The Labute approximate surface area is 105 Å². The van der Waals surface area contributed by atoms with Gasteiger partial charge in [0.25, 0.3) is 0 Å². The maximum atomic E-state index is 12.3. The molecule has 0 heterocycles. The molecule has 0 spiro atoms. The van der Waals surface area contributed by atoms with Crippen molar-refractivity contribution in [3.63, 3.8) is 0 Å². The van der Waals surface area contributed by atoms with Crippen molar-refractivity contribution < 1.29 is 9.53 Å². The minimum atomic E-state index is 0.321. The van der Waals surface area contributed by atoms with E-state index in [1.807, 2.05) is 0 Å². The molecule has 2 aliphatic carbocycles. The molecule has 2 atom stereocenters. The van der Waals surface area contributed by atoms with Crippen molar-refractivity contribution in [2.45, 2.75) is 64.0 Å². The smallest absolute Gasteiger partial charge is 0.223 e. The first-order valence-electron chi connectivity index (χ1n) is 7.08. The fourth-order valence-electron chi connectivity index (χ4n) is 3.03. The van der Waals surface area contributed by atoms with E-state index in [1.54, 1.807) is 7.11 Å². The average molecular weight is 239 g/mol. The van der Waals surface area contributed by atoms with Crippen LogP contribution in [0.25, 0.3) is 0 Å². The molecule has 0 aromatic heterocycles. The second kappa shape index (κ2) is 5.85. The highest BCUT2D eigenvalue weighted by Crippen LogP contribution is 2.33. The van der Waals surface area contributed by atoms with Gasteiger partial charge >= 0.3 is 0 Å². The fraction of sp³-hybridized carbons (Fsp3) is 0.929. The Morgan fingerprint density at radius 2 is 2.06 bits per heavy atom. The van der Waals surface area contributed by atoms with Gasteiger partial charge in [0.1, 0.15) is 0 Å². The lowest BCUT2D eigenvalue weighted by atomic mass is 10.0.